The number of rotatable bonds is 0. The maximum atomic E-state index is 5.67. The number of hydrogen-bond donors (Lipinski definition) is 1. The molecule has 2 N–H and O–H groups in total. The van der Waals surface area contributed by atoms with Crippen LogP contribution in [0.4, 0.5) is 0 Å². The quantitative estimate of drug-likeness (QED) is 0.754. The smallest absolute Gasteiger partial charge is 0.226 e. The van der Waals surface area contributed by atoms with Crippen LogP contribution in [0.2, 0.25) is 0 Å². The summed E-state index contributed by atoms with van der Waals surface area (Å²) in [5.41, 5.74) is 5.47. The second-order valence-corrected chi connectivity index (χ2v) is 3.31. The van der Waals surface area contributed by atoms with E-state index in [1.165, 1.54) is 7.05 Å². The summed E-state index contributed by atoms with van der Waals surface area (Å²) >= 11 is 0. The average molecular weight is 230 g/mol. The van der Waals surface area contributed by atoms with Gasteiger partial charge in [0.05, 0.1) is 5.56 Å². The maximum absolute atomic E-state index is 5.67. The van der Waals surface area contributed by atoms with Crippen molar-refractivity contribution in [2.24, 2.45) is 5.73 Å². The SMILES string of the molecule is CN.c1cnc2c(c1)COc1ccccc1O2. The molecule has 1 aliphatic heterocycles. The lowest BCUT2D eigenvalue weighted by Crippen LogP contribution is -1.93. The summed E-state index contributed by atoms with van der Waals surface area (Å²) in [4.78, 5) is 4.18. The Labute approximate surface area is 100 Å². The molecular weight excluding hydrogens is 216 g/mol. The van der Waals surface area contributed by atoms with Crippen LogP contribution in [-0.4, -0.2) is 12.0 Å². The molecular formula is C13H14N2O2. The first-order valence-corrected chi connectivity index (χ1v) is 5.35. The first kappa shape index (κ1) is 11.4. The van der Waals surface area contributed by atoms with Gasteiger partial charge in [-0.1, -0.05) is 12.1 Å². The van der Waals surface area contributed by atoms with Crippen molar-refractivity contribution in [1.82, 2.24) is 4.98 Å². The molecule has 0 bridgehead atoms. The molecule has 0 radical (unpaired) electrons. The maximum Gasteiger partial charge on any atom is 0.226 e. The van der Waals surface area contributed by atoms with Gasteiger partial charge < -0.3 is 15.2 Å². The topological polar surface area (TPSA) is 57.4 Å². The molecule has 1 aliphatic rings. The summed E-state index contributed by atoms with van der Waals surface area (Å²) in [6.07, 6.45) is 1.72. The fourth-order valence-electron chi connectivity index (χ4n) is 1.54. The highest BCUT2D eigenvalue weighted by Crippen LogP contribution is 2.35. The van der Waals surface area contributed by atoms with Gasteiger partial charge in [-0.05, 0) is 31.3 Å². The van der Waals surface area contributed by atoms with Gasteiger partial charge in [-0.15, -0.1) is 0 Å². The van der Waals surface area contributed by atoms with Gasteiger partial charge in [-0.25, -0.2) is 4.98 Å². The number of para-hydroxylation sites is 2. The molecule has 2 aromatic rings. The summed E-state index contributed by atoms with van der Waals surface area (Å²) in [5.74, 6) is 2.10. The number of aromatic nitrogens is 1. The normalized spacial score (nSPS) is 11.6. The molecule has 0 saturated heterocycles. The molecule has 88 valence electrons. The third-order valence-electron chi connectivity index (χ3n) is 2.29. The van der Waals surface area contributed by atoms with Crippen LogP contribution < -0.4 is 15.2 Å². The standard InChI is InChI=1S/C12H9NO2.CH5N/c1-2-6-11-10(5-1)14-8-9-4-3-7-13-12(9)15-11;1-2/h1-7H,8H2;2H2,1H3. The van der Waals surface area contributed by atoms with Gasteiger partial charge in [0.2, 0.25) is 5.88 Å². The first-order valence-electron chi connectivity index (χ1n) is 5.35. The second-order valence-electron chi connectivity index (χ2n) is 3.31. The predicted molar refractivity (Wildman–Crippen MR) is 65.2 cm³/mol. The Morgan fingerprint density at radius 3 is 2.65 bits per heavy atom. The van der Waals surface area contributed by atoms with E-state index in [-0.39, 0.29) is 0 Å². The summed E-state index contributed by atoms with van der Waals surface area (Å²) in [7, 11) is 1.50. The van der Waals surface area contributed by atoms with Crippen molar-refractivity contribution < 1.29 is 9.47 Å². The van der Waals surface area contributed by atoms with Crippen molar-refractivity contribution in [2.45, 2.75) is 6.61 Å². The van der Waals surface area contributed by atoms with E-state index < -0.39 is 0 Å². The van der Waals surface area contributed by atoms with Crippen molar-refractivity contribution in [3.63, 3.8) is 0 Å². The second kappa shape index (κ2) is 5.32. The van der Waals surface area contributed by atoms with Crippen LogP contribution in [0.1, 0.15) is 5.56 Å². The van der Waals surface area contributed by atoms with Gasteiger partial charge in [0.1, 0.15) is 6.61 Å². The molecule has 17 heavy (non-hydrogen) atoms. The van der Waals surface area contributed by atoms with Gasteiger partial charge in [0.15, 0.2) is 11.5 Å². The van der Waals surface area contributed by atoms with Crippen LogP contribution >= 0.6 is 0 Å². The van der Waals surface area contributed by atoms with E-state index in [0.29, 0.717) is 12.5 Å². The molecule has 3 rings (SSSR count). The van der Waals surface area contributed by atoms with Gasteiger partial charge in [0.25, 0.3) is 0 Å². The molecule has 0 aliphatic carbocycles. The van der Waals surface area contributed by atoms with Crippen molar-refractivity contribution in [3.8, 4) is 17.4 Å². The van der Waals surface area contributed by atoms with E-state index >= 15 is 0 Å². The zero-order chi connectivity index (χ0) is 12.1. The first-order chi connectivity index (χ1) is 8.43. The van der Waals surface area contributed by atoms with Crippen molar-refractivity contribution in [3.05, 3.63) is 48.2 Å². The third kappa shape index (κ3) is 2.37. The van der Waals surface area contributed by atoms with Crippen molar-refractivity contribution >= 4 is 0 Å². The van der Waals surface area contributed by atoms with E-state index in [1.54, 1.807) is 6.20 Å². The zero-order valence-corrected chi connectivity index (χ0v) is 9.59. The Morgan fingerprint density at radius 2 is 1.82 bits per heavy atom. The lowest BCUT2D eigenvalue weighted by atomic mass is 10.3. The van der Waals surface area contributed by atoms with Crippen LogP contribution in [-0.2, 0) is 6.61 Å². The van der Waals surface area contributed by atoms with E-state index in [4.69, 9.17) is 9.47 Å². The summed E-state index contributed by atoms with van der Waals surface area (Å²) in [5, 5.41) is 0. The number of nitrogens with two attached hydrogens (primary N) is 1. The molecule has 2 heterocycles. The number of benzene rings is 1. The van der Waals surface area contributed by atoms with Crippen molar-refractivity contribution in [2.75, 3.05) is 7.05 Å². The molecule has 0 saturated carbocycles. The minimum atomic E-state index is 0.500. The molecule has 0 atom stereocenters. The summed E-state index contributed by atoms with van der Waals surface area (Å²) < 4.78 is 11.3. The van der Waals surface area contributed by atoms with Crippen molar-refractivity contribution in [1.29, 1.82) is 0 Å². The van der Waals surface area contributed by atoms with Gasteiger partial charge >= 0.3 is 0 Å². The molecule has 1 aromatic carbocycles. The van der Waals surface area contributed by atoms with Gasteiger partial charge in [-0.2, -0.15) is 0 Å². The number of ether oxygens (including phenoxy) is 2. The average Bonchev–Trinajstić information content (AvgIpc) is 2.60. The lowest BCUT2D eigenvalue weighted by Gasteiger charge is -2.04. The van der Waals surface area contributed by atoms with Gasteiger partial charge in [-0.3, -0.25) is 0 Å². The fourth-order valence-corrected chi connectivity index (χ4v) is 1.54. The molecule has 0 unspecified atom stereocenters. The number of fused-ring (bicyclic) bond motifs is 2. The van der Waals surface area contributed by atoms with Crippen LogP contribution in [0.3, 0.4) is 0 Å². The highest BCUT2D eigenvalue weighted by atomic mass is 16.5. The third-order valence-corrected chi connectivity index (χ3v) is 2.29. The molecule has 4 nitrogen and oxygen atoms in total. The van der Waals surface area contributed by atoms with Crippen LogP contribution in [0.25, 0.3) is 0 Å². The fraction of sp³-hybridized carbons (Fsp3) is 0.154. The number of hydrogen-bond acceptors (Lipinski definition) is 4. The highest BCUT2D eigenvalue weighted by molar-refractivity contribution is 5.44. The monoisotopic (exact) mass is 230 g/mol. The number of nitrogens with zero attached hydrogens (tertiary/aromatic N) is 1. The van der Waals surface area contributed by atoms with Gasteiger partial charge in [0, 0.05) is 6.20 Å². The molecule has 4 heteroatoms. The summed E-state index contributed by atoms with van der Waals surface area (Å²) in [6.45, 7) is 0.500. The van der Waals surface area contributed by atoms with E-state index in [0.717, 1.165) is 17.1 Å². The summed E-state index contributed by atoms with van der Waals surface area (Å²) in [6, 6.07) is 11.4. The Kier molecular flexibility index (Phi) is 3.57. The minimum absolute atomic E-state index is 0.500. The van der Waals surface area contributed by atoms with Crippen LogP contribution in [0.15, 0.2) is 42.6 Å². The molecule has 0 fully saturated rings. The largest absolute Gasteiger partial charge is 0.485 e. The zero-order valence-electron chi connectivity index (χ0n) is 9.59. The molecule has 1 aromatic heterocycles. The van der Waals surface area contributed by atoms with Crippen LogP contribution in [0, 0.1) is 0 Å². The predicted octanol–water partition coefficient (Wildman–Crippen LogP) is 2.34. The van der Waals surface area contributed by atoms with E-state index in [1.807, 2.05) is 36.4 Å². The lowest BCUT2D eigenvalue weighted by molar-refractivity contribution is 0.307. The Morgan fingerprint density at radius 1 is 1.06 bits per heavy atom. The molecule has 0 spiro atoms. The minimum Gasteiger partial charge on any atom is -0.485 e. The molecule has 0 amide bonds. The number of pyridine rings is 1. The van der Waals surface area contributed by atoms with E-state index in [9.17, 15) is 0 Å². The van der Waals surface area contributed by atoms with E-state index in [2.05, 4.69) is 10.7 Å². The highest BCUT2D eigenvalue weighted by Gasteiger charge is 2.14. The van der Waals surface area contributed by atoms with Crippen LogP contribution in [0.5, 0.6) is 17.4 Å². The Balaban J connectivity index is 0.000000514. The Hall–Kier alpha value is -2.07. The Bertz CT molecular complexity index is 455.